The van der Waals surface area contributed by atoms with Gasteiger partial charge in [-0.05, 0) is 6.92 Å². The van der Waals surface area contributed by atoms with Crippen LogP contribution in [-0.2, 0) is 0 Å². The van der Waals surface area contributed by atoms with Crippen LogP contribution < -0.4 is 5.43 Å². The largest absolute Gasteiger partial charge is 0.364 e. The van der Waals surface area contributed by atoms with Crippen molar-refractivity contribution in [3.05, 3.63) is 33.7 Å². The van der Waals surface area contributed by atoms with Gasteiger partial charge in [-0.3, -0.25) is 14.5 Å². The van der Waals surface area contributed by atoms with Crippen molar-refractivity contribution in [1.82, 2.24) is 14.8 Å². The fraction of sp³-hybridized carbons (Fsp3) is 0.538. The first-order valence-electron chi connectivity index (χ1n) is 6.38. The minimum atomic E-state index is -0.205. The third-order valence-corrected chi connectivity index (χ3v) is 3.70. The van der Waals surface area contributed by atoms with E-state index >= 15 is 0 Å². The Morgan fingerprint density at radius 2 is 2.05 bits per heavy atom. The van der Waals surface area contributed by atoms with E-state index in [1.165, 1.54) is 12.3 Å². The molecule has 2 rings (SSSR count). The summed E-state index contributed by atoms with van der Waals surface area (Å²) >= 11 is 3.41. The van der Waals surface area contributed by atoms with E-state index in [1.54, 1.807) is 11.8 Å². The van der Waals surface area contributed by atoms with Gasteiger partial charge in [0.2, 0.25) is 0 Å². The van der Waals surface area contributed by atoms with E-state index in [4.69, 9.17) is 0 Å². The number of nitrogens with zero attached hydrogens (tertiary/aromatic N) is 2. The predicted molar refractivity (Wildman–Crippen MR) is 77.9 cm³/mol. The third kappa shape index (κ3) is 3.45. The number of halogens is 1. The number of aryl methyl sites for hydroxylation is 1. The van der Waals surface area contributed by atoms with Crippen LogP contribution in [0.1, 0.15) is 16.1 Å². The number of alkyl halides is 1. The summed E-state index contributed by atoms with van der Waals surface area (Å²) in [6.07, 6.45) is 1.52. The van der Waals surface area contributed by atoms with Gasteiger partial charge in [0.15, 0.2) is 5.43 Å². The van der Waals surface area contributed by atoms with Crippen molar-refractivity contribution >= 4 is 21.8 Å². The summed E-state index contributed by atoms with van der Waals surface area (Å²) in [6.45, 7) is 5.88. The van der Waals surface area contributed by atoms with Gasteiger partial charge in [-0.15, -0.1) is 0 Å². The molecule has 0 radical (unpaired) electrons. The molecule has 0 atom stereocenters. The average Bonchev–Trinajstić information content (AvgIpc) is 2.39. The van der Waals surface area contributed by atoms with E-state index in [2.05, 4.69) is 25.8 Å². The van der Waals surface area contributed by atoms with Crippen LogP contribution in [0.5, 0.6) is 0 Å². The summed E-state index contributed by atoms with van der Waals surface area (Å²) < 4.78 is 0. The number of aromatic nitrogens is 1. The van der Waals surface area contributed by atoms with Gasteiger partial charge in [-0.2, -0.15) is 0 Å². The van der Waals surface area contributed by atoms with E-state index in [0.29, 0.717) is 13.1 Å². The van der Waals surface area contributed by atoms with Crippen LogP contribution in [0.2, 0.25) is 0 Å². The zero-order chi connectivity index (χ0) is 13.8. The topological polar surface area (TPSA) is 56.4 Å². The summed E-state index contributed by atoms with van der Waals surface area (Å²) in [4.78, 5) is 31.1. The van der Waals surface area contributed by atoms with Gasteiger partial charge in [0.05, 0.1) is 0 Å². The maximum absolute atomic E-state index is 12.3. The molecule has 0 aromatic carbocycles. The van der Waals surface area contributed by atoms with Gasteiger partial charge in [-0.25, -0.2) is 0 Å². The summed E-state index contributed by atoms with van der Waals surface area (Å²) in [5.74, 6) is -0.167. The first kappa shape index (κ1) is 14.3. The van der Waals surface area contributed by atoms with Crippen molar-refractivity contribution in [3.63, 3.8) is 0 Å². The van der Waals surface area contributed by atoms with E-state index in [9.17, 15) is 9.59 Å². The lowest BCUT2D eigenvalue weighted by atomic mass is 10.2. The highest BCUT2D eigenvalue weighted by atomic mass is 79.9. The lowest BCUT2D eigenvalue weighted by Gasteiger charge is -2.34. The number of hydrogen-bond acceptors (Lipinski definition) is 3. The second-order valence-electron chi connectivity index (χ2n) is 4.72. The summed E-state index contributed by atoms with van der Waals surface area (Å²) in [6, 6.07) is 1.47. The van der Waals surface area contributed by atoms with Crippen molar-refractivity contribution in [2.24, 2.45) is 0 Å². The Morgan fingerprint density at radius 3 is 2.63 bits per heavy atom. The number of amides is 1. The van der Waals surface area contributed by atoms with Gasteiger partial charge in [0.25, 0.3) is 5.91 Å². The Kier molecular flexibility index (Phi) is 4.76. The van der Waals surface area contributed by atoms with Gasteiger partial charge in [0, 0.05) is 56.0 Å². The molecule has 6 heteroatoms. The number of hydrogen-bond donors (Lipinski definition) is 1. The maximum Gasteiger partial charge on any atom is 0.259 e. The lowest BCUT2D eigenvalue weighted by molar-refractivity contribution is 0.0643. The van der Waals surface area contributed by atoms with E-state index in [1.807, 2.05) is 0 Å². The second-order valence-corrected chi connectivity index (χ2v) is 5.51. The Morgan fingerprint density at radius 1 is 1.37 bits per heavy atom. The molecule has 1 amide bonds. The molecule has 0 aliphatic carbocycles. The number of H-pyrrole nitrogens is 1. The van der Waals surface area contributed by atoms with Crippen LogP contribution in [0, 0.1) is 6.92 Å². The molecule has 0 bridgehead atoms. The molecule has 1 fully saturated rings. The highest BCUT2D eigenvalue weighted by Gasteiger charge is 2.23. The molecule has 1 aliphatic heterocycles. The smallest absolute Gasteiger partial charge is 0.259 e. The molecule has 0 spiro atoms. The number of aromatic amines is 1. The first-order valence-corrected chi connectivity index (χ1v) is 7.51. The van der Waals surface area contributed by atoms with E-state index < -0.39 is 0 Å². The SMILES string of the molecule is Cc1cc(=O)c(C(=O)N2CCN(CCBr)CC2)c[nH]1. The fourth-order valence-corrected chi connectivity index (χ4v) is 2.71. The van der Waals surface area contributed by atoms with Crippen molar-refractivity contribution in [2.45, 2.75) is 6.92 Å². The molecule has 19 heavy (non-hydrogen) atoms. The third-order valence-electron chi connectivity index (χ3n) is 3.35. The lowest BCUT2D eigenvalue weighted by Crippen LogP contribution is -2.49. The molecule has 1 aliphatic rings. The molecule has 104 valence electrons. The van der Waals surface area contributed by atoms with E-state index in [-0.39, 0.29) is 16.9 Å². The zero-order valence-electron chi connectivity index (χ0n) is 11.0. The number of rotatable bonds is 3. The Labute approximate surface area is 120 Å². The Bertz CT molecular complexity index is 507. The van der Waals surface area contributed by atoms with Gasteiger partial charge in [0.1, 0.15) is 5.56 Å². The maximum atomic E-state index is 12.3. The molecule has 5 nitrogen and oxygen atoms in total. The quantitative estimate of drug-likeness (QED) is 0.837. The Hall–Kier alpha value is -1.14. The minimum Gasteiger partial charge on any atom is -0.364 e. The van der Waals surface area contributed by atoms with Crippen molar-refractivity contribution < 1.29 is 4.79 Å². The molecular formula is C13H18BrN3O2. The summed E-state index contributed by atoms with van der Waals surface area (Å²) in [5, 5.41) is 0.943. The predicted octanol–water partition coefficient (Wildman–Crippen LogP) is 0.836. The molecule has 1 aromatic heterocycles. The van der Waals surface area contributed by atoms with Crippen LogP contribution >= 0.6 is 15.9 Å². The van der Waals surface area contributed by atoms with Gasteiger partial charge < -0.3 is 9.88 Å². The van der Waals surface area contributed by atoms with Crippen molar-refractivity contribution in [3.8, 4) is 0 Å². The van der Waals surface area contributed by atoms with Crippen LogP contribution in [0.3, 0.4) is 0 Å². The van der Waals surface area contributed by atoms with Crippen molar-refractivity contribution in [1.29, 1.82) is 0 Å². The molecule has 1 N–H and O–H groups in total. The van der Waals surface area contributed by atoms with Crippen LogP contribution in [-0.4, -0.2) is 58.7 Å². The molecule has 0 saturated carbocycles. The number of carbonyl (C=O) groups excluding carboxylic acids is 1. The van der Waals surface area contributed by atoms with Crippen LogP contribution in [0.15, 0.2) is 17.1 Å². The molecule has 1 saturated heterocycles. The highest BCUT2D eigenvalue weighted by Crippen LogP contribution is 2.06. The molecule has 2 heterocycles. The summed E-state index contributed by atoms with van der Waals surface area (Å²) in [7, 11) is 0. The molecular weight excluding hydrogens is 310 g/mol. The molecule has 0 unspecified atom stereocenters. The summed E-state index contributed by atoms with van der Waals surface area (Å²) in [5.41, 5.74) is 0.798. The van der Waals surface area contributed by atoms with Crippen LogP contribution in [0.25, 0.3) is 0 Å². The number of nitrogens with one attached hydrogen (secondary N) is 1. The second kappa shape index (κ2) is 6.34. The van der Waals surface area contributed by atoms with Gasteiger partial charge in [-0.1, -0.05) is 15.9 Å². The monoisotopic (exact) mass is 327 g/mol. The number of piperazine rings is 1. The van der Waals surface area contributed by atoms with E-state index in [0.717, 1.165) is 30.7 Å². The fourth-order valence-electron chi connectivity index (χ4n) is 2.20. The van der Waals surface area contributed by atoms with Crippen LogP contribution in [0.4, 0.5) is 0 Å². The average molecular weight is 328 g/mol. The Balaban J connectivity index is 2.03. The van der Waals surface area contributed by atoms with Crippen molar-refractivity contribution in [2.75, 3.05) is 38.1 Å². The number of pyridine rings is 1. The minimum absolute atomic E-state index is 0.167. The molecule has 1 aromatic rings. The zero-order valence-corrected chi connectivity index (χ0v) is 12.6. The number of carbonyl (C=O) groups is 1. The standard InChI is InChI=1S/C13H18BrN3O2/c1-10-8-12(18)11(9-15-10)13(19)17-6-4-16(3-2-14)5-7-17/h8-9H,2-7H2,1H3,(H,15,18). The highest BCUT2D eigenvalue weighted by molar-refractivity contribution is 9.09. The first-order chi connectivity index (χ1) is 9.11. The van der Waals surface area contributed by atoms with Gasteiger partial charge >= 0.3 is 0 Å². The normalized spacial score (nSPS) is 16.6.